The lowest BCUT2D eigenvalue weighted by Gasteiger charge is -2.37. The molecular weight excluding hydrogens is 264 g/mol. The third kappa shape index (κ3) is 7.14. The zero-order valence-electron chi connectivity index (χ0n) is 13.5. The molecule has 1 saturated carbocycles. The molecule has 4 heteroatoms. The second-order valence-electron chi connectivity index (χ2n) is 5.53. The van der Waals surface area contributed by atoms with E-state index in [1.165, 1.54) is 19.3 Å². The molecule has 1 unspecified atom stereocenters. The van der Waals surface area contributed by atoms with Crippen molar-refractivity contribution in [2.75, 3.05) is 27.4 Å². The largest absolute Gasteiger partial charge is 0.497 e. The number of rotatable bonds is 5. The summed E-state index contributed by atoms with van der Waals surface area (Å²) >= 11 is 0. The molecule has 1 heterocycles. The lowest BCUT2D eigenvalue weighted by molar-refractivity contribution is -0.138. The van der Waals surface area contributed by atoms with Crippen molar-refractivity contribution in [2.24, 2.45) is 0 Å². The molecule has 0 spiro atoms. The van der Waals surface area contributed by atoms with Gasteiger partial charge in [0.05, 0.1) is 13.8 Å². The van der Waals surface area contributed by atoms with Crippen molar-refractivity contribution >= 4 is 5.91 Å². The van der Waals surface area contributed by atoms with E-state index < -0.39 is 0 Å². The van der Waals surface area contributed by atoms with E-state index in [1.54, 1.807) is 13.2 Å². The molecule has 1 atom stereocenters. The molecule has 0 aromatic rings. The van der Waals surface area contributed by atoms with Gasteiger partial charge in [0.2, 0.25) is 5.91 Å². The van der Waals surface area contributed by atoms with Crippen LogP contribution >= 0.6 is 0 Å². The molecule has 0 aromatic heterocycles. The van der Waals surface area contributed by atoms with Gasteiger partial charge in [-0.3, -0.25) is 9.69 Å². The van der Waals surface area contributed by atoms with Gasteiger partial charge in [-0.05, 0) is 26.1 Å². The van der Waals surface area contributed by atoms with Gasteiger partial charge in [0.25, 0.3) is 0 Å². The summed E-state index contributed by atoms with van der Waals surface area (Å²) in [7, 11) is 3.64. The second kappa shape index (κ2) is 9.40. The highest BCUT2D eigenvalue weighted by molar-refractivity contribution is 5.77. The number of carbonyl (C=O) groups excluding carboxylic acids is 1. The van der Waals surface area contributed by atoms with Crippen LogP contribution in [0, 0.1) is 0 Å². The maximum absolute atomic E-state index is 11.8. The SMILES string of the molecule is C1CC1.C=C/C(=C\C=C\CN1CN(C)C(C)CC1=O)OC. The summed E-state index contributed by atoms with van der Waals surface area (Å²) < 4.78 is 5.05. The monoisotopic (exact) mass is 292 g/mol. The molecule has 118 valence electrons. The maximum Gasteiger partial charge on any atom is 0.225 e. The molecule has 2 aliphatic rings. The summed E-state index contributed by atoms with van der Waals surface area (Å²) in [6.07, 6.45) is 12.4. The van der Waals surface area contributed by atoms with Crippen LogP contribution in [0.5, 0.6) is 0 Å². The minimum absolute atomic E-state index is 0.213. The number of hydrogen-bond acceptors (Lipinski definition) is 3. The Morgan fingerprint density at radius 1 is 1.43 bits per heavy atom. The standard InChI is InChI=1S/C14H22N2O2.C3H6/c1-5-13(18-4)8-6-7-9-16-11-15(3)12(2)10-14(16)17;1-2-3-1/h5-8,12H,1,9-11H2,2-4H3;1-3H2/b7-6+,13-8+;. The van der Waals surface area contributed by atoms with E-state index in [0.717, 1.165) is 0 Å². The Bertz CT molecular complexity index is 397. The predicted octanol–water partition coefficient (Wildman–Crippen LogP) is 2.94. The van der Waals surface area contributed by atoms with Crippen LogP contribution in [0.15, 0.2) is 36.6 Å². The Hall–Kier alpha value is -1.55. The first-order valence-electron chi connectivity index (χ1n) is 7.59. The van der Waals surface area contributed by atoms with Crippen molar-refractivity contribution in [3.8, 4) is 0 Å². The molecule has 1 aliphatic heterocycles. The molecule has 1 saturated heterocycles. The fraction of sp³-hybridized carbons (Fsp3) is 0.588. The second-order valence-corrected chi connectivity index (χ2v) is 5.53. The highest BCUT2D eigenvalue weighted by Crippen LogP contribution is 2.15. The first kappa shape index (κ1) is 17.5. The van der Waals surface area contributed by atoms with Gasteiger partial charge in [0.1, 0.15) is 5.76 Å². The zero-order chi connectivity index (χ0) is 15.7. The van der Waals surface area contributed by atoms with Crippen molar-refractivity contribution in [3.05, 3.63) is 36.6 Å². The van der Waals surface area contributed by atoms with Gasteiger partial charge in [-0.25, -0.2) is 0 Å². The molecule has 0 bridgehead atoms. The molecule has 0 N–H and O–H groups in total. The van der Waals surface area contributed by atoms with Crippen molar-refractivity contribution in [1.82, 2.24) is 9.80 Å². The molecular formula is C17H28N2O2. The lowest BCUT2D eigenvalue weighted by atomic mass is 10.1. The van der Waals surface area contributed by atoms with Gasteiger partial charge in [0.15, 0.2) is 0 Å². The van der Waals surface area contributed by atoms with Crippen molar-refractivity contribution in [1.29, 1.82) is 0 Å². The average Bonchev–Trinajstić information content (AvgIpc) is 3.33. The summed E-state index contributed by atoms with van der Waals surface area (Å²) in [6.45, 7) is 7.02. The van der Waals surface area contributed by atoms with E-state index in [2.05, 4.69) is 18.4 Å². The average molecular weight is 292 g/mol. The van der Waals surface area contributed by atoms with Gasteiger partial charge in [-0.15, -0.1) is 0 Å². The number of ether oxygens (including phenoxy) is 1. The predicted molar refractivity (Wildman–Crippen MR) is 86.7 cm³/mol. The maximum atomic E-state index is 11.8. The Morgan fingerprint density at radius 3 is 2.62 bits per heavy atom. The summed E-state index contributed by atoms with van der Waals surface area (Å²) in [5, 5.41) is 0. The third-order valence-corrected chi connectivity index (χ3v) is 3.48. The van der Waals surface area contributed by atoms with E-state index in [0.29, 0.717) is 31.4 Å². The van der Waals surface area contributed by atoms with E-state index in [4.69, 9.17) is 4.74 Å². The summed E-state index contributed by atoms with van der Waals surface area (Å²) in [5.74, 6) is 0.923. The van der Waals surface area contributed by atoms with Crippen LogP contribution in [-0.2, 0) is 9.53 Å². The van der Waals surface area contributed by atoms with Gasteiger partial charge in [-0.1, -0.05) is 38.0 Å². The molecule has 0 aromatic carbocycles. The van der Waals surface area contributed by atoms with Crippen molar-refractivity contribution < 1.29 is 9.53 Å². The van der Waals surface area contributed by atoms with Crippen LogP contribution < -0.4 is 0 Å². The molecule has 1 aliphatic carbocycles. The smallest absolute Gasteiger partial charge is 0.225 e. The molecule has 2 rings (SSSR count). The van der Waals surface area contributed by atoms with E-state index >= 15 is 0 Å². The minimum Gasteiger partial charge on any atom is -0.497 e. The number of carbonyl (C=O) groups is 1. The summed E-state index contributed by atoms with van der Waals surface area (Å²) in [6, 6.07) is 0.332. The van der Waals surface area contributed by atoms with Crippen LogP contribution in [0.3, 0.4) is 0 Å². The number of amides is 1. The molecule has 2 fully saturated rings. The number of allylic oxidation sites excluding steroid dienone is 3. The molecule has 21 heavy (non-hydrogen) atoms. The van der Waals surface area contributed by atoms with Crippen LogP contribution in [0.4, 0.5) is 0 Å². The molecule has 0 radical (unpaired) electrons. The highest BCUT2D eigenvalue weighted by atomic mass is 16.5. The van der Waals surface area contributed by atoms with Crippen molar-refractivity contribution in [3.63, 3.8) is 0 Å². The van der Waals surface area contributed by atoms with E-state index in [9.17, 15) is 4.79 Å². The third-order valence-electron chi connectivity index (χ3n) is 3.48. The van der Waals surface area contributed by atoms with Crippen molar-refractivity contribution in [2.45, 2.75) is 38.6 Å². The molecule has 1 amide bonds. The number of methoxy groups -OCH3 is 1. The topological polar surface area (TPSA) is 32.8 Å². The zero-order valence-corrected chi connectivity index (χ0v) is 13.5. The minimum atomic E-state index is 0.213. The molecule has 4 nitrogen and oxygen atoms in total. The van der Waals surface area contributed by atoms with Gasteiger partial charge < -0.3 is 9.64 Å². The van der Waals surface area contributed by atoms with Gasteiger partial charge in [0, 0.05) is 19.0 Å². The number of nitrogens with zero attached hydrogens (tertiary/aromatic N) is 2. The van der Waals surface area contributed by atoms with Crippen LogP contribution in [0.2, 0.25) is 0 Å². The van der Waals surface area contributed by atoms with E-state index in [-0.39, 0.29) is 5.91 Å². The Balaban J connectivity index is 0.000000647. The van der Waals surface area contributed by atoms with Crippen LogP contribution in [0.25, 0.3) is 0 Å². The Morgan fingerprint density at radius 2 is 2.10 bits per heavy atom. The normalized spacial score (nSPS) is 22.8. The van der Waals surface area contributed by atoms with Crippen LogP contribution in [0.1, 0.15) is 32.6 Å². The fourth-order valence-corrected chi connectivity index (χ4v) is 1.76. The Kier molecular flexibility index (Phi) is 7.83. The highest BCUT2D eigenvalue weighted by Gasteiger charge is 2.25. The first-order chi connectivity index (χ1) is 10.1. The van der Waals surface area contributed by atoms with Gasteiger partial charge >= 0.3 is 0 Å². The fourth-order valence-electron chi connectivity index (χ4n) is 1.76. The Labute approximate surface area is 128 Å². The number of hydrogen-bond donors (Lipinski definition) is 0. The summed E-state index contributed by atoms with van der Waals surface area (Å²) in [5.41, 5.74) is 0. The van der Waals surface area contributed by atoms with E-state index in [1.807, 2.05) is 30.2 Å². The summed E-state index contributed by atoms with van der Waals surface area (Å²) in [4.78, 5) is 15.8. The van der Waals surface area contributed by atoms with Gasteiger partial charge in [-0.2, -0.15) is 0 Å². The van der Waals surface area contributed by atoms with Crippen LogP contribution in [-0.4, -0.2) is 49.1 Å². The lowest BCUT2D eigenvalue weighted by Crippen LogP contribution is -2.50. The quantitative estimate of drug-likeness (QED) is 0.577. The first-order valence-corrected chi connectivity index (χ1v) is 7.59.